The fourth-order valence-electron chi connectivity index (χ4n) is 1.91. The first-order valence-electron chi connectivity index (χ1n) is 5.33. The van der Waals surface area contributed by atoms with Crippen LogP contribution in [-0.4, -0.2) is 25.8 Å². The minimum Gasteiger partial charge on any atom is -0.207 e. The summed E-state index contributed by atoms with van der Waals surface area (Å²) in [6.07, 6.45) is 2.90. The van der Waals surface area contributed by atoms with E-state index in [1.807, 2.05) is 13.8 Å². The van der Waals surface area contributed by atoms with Gasteiger partial charge in [0.05, 0.1) is 8.68 Å². The van der Waals surface area contributed by atoms with Crippen LogP contribution in [0.15, 0.2) is 26.4 Å². The van der Waals surface area contributed by atoms with E-state index in [9.17, 15) is 8.42 Å². The van der Waals surface area contributed by atoms with Crippen molar-refractivity contribution < 1.29 is 8.42 Å². The van der Waals surface area contributed by atoms with Crippen LogP contribution in [0.2, 0.25) is 0 Å². The number of thiophene rings is 1. The quantitative estimate of drug-likeness (QED) is 0.778. The van der Waals surface area contributed by atoms with E-state index in [0.717, 1.165) is 20.7 Å². The lowest BCUT2D eigenvalue weighted by molar-refractivity contribution is 0.428. The van der Waals surface area contributed by atoms with Crippen LogP contribution in [-0.2, 0) is 10.0 Å². The molecule has 3 nitrogen and oxygen atoms in total. The molecule has 0 N–H and O–H groups in total. The molecule has 6 heteroatoms. The van der Waals surface area contributed by atoms with Gasteiger partial charge in [-0.15, -0.1) is 11.3 Å². The highest BCUT2D eigenvalue weighted by atomic mass is 79.9. The van der Waals surface area contributed by atoms with Gasteiger partial charge in [0.2, 0.25) is 10.0 Å². The van der Waals surface area contributed by atoms with Crippen LogP contribution >= 0.6 is 27.3 Å². The van der Waals surface area contributed by atoms with Crippen LogP contribution in [0.4, 0.5) is 0 Å². The molecule has 1 aromatic heterocycles. The van der Waals surface area contributed by atoms with E-state index in [4.69, 9.17) is 0 Å². The lowest BCUT2D eigenvalue weighted by atomic mass is 10.2. The summed E-state index contributed by atoms with van der Waals surface area (Å²) in [6, 6.07) is 1.70. The van der Waals surface area contributed by atoms with Gasteiger partial charge in [0.1, 0.15) is 0 Å². The third-order valence-electron chi connectivity index (χ3n) is 2.76. The maximum Gasteiger partial charge on any atom is 0.244 e. The summed E-state index contributed by atoms with van der Waals surface area (Å²) in [5.74, 6) is 0. The molecule has 1 aliphatic rings. The predicted molar refractivity (Wildman–Crippen MR) is 73.9 cm³/mol. The van der Waals surface area contributed by atoms with E-state index in [2.05, 4.69) is 22.0 Å². The molecule has 0 amide bonds. The summed E-state index contributed by atoms with van der Waals surface area (Å²) in [4.78, 5) is 1.27. The van der Waals surface area contributed by atoms with Gasteiger partial charge in [0.15, 0.2) is 0 Å². The smallest absolute Gasteiger partial charge is 0.207 e. The van der Waals surface area contributed by atoms with Crippen LogP contribution in [0.1, 0.15) is 18.2 Å². The summed E-state index contributed by atoms with van der Waals surface area (Å²) in [5, 5.41) is 0. The Morgan fingerprint density at radius 3 is 2.65 bits per heavy atom. The first-order valence-corrected chi connectivity index (χ1v) is 8.38. The van der Waals surface area contributed by atoms with E-state index in [-0.39, 0.29) is 0 Å². The molecule has 2 rings (SSSR count). The molecule has 0 aromatic carbocycles. The van der Waals surface area contributed by atoms with Crippen LogP contribution in [0.25, 0.3) is 0 Å². The highest BCUT2D eigenvalue weighted by Gasteiger charge is 2.28. The fraction of sp³-hybridized carbons (Fsp3) is 0.455. The van der Waals surface area contributed by atoms with Gasteiger partial charge >= 0.3 is 0 Å². The molecule has 0 spiro atoms. The van der Waals surface area contributed by atoms with Crippen molar-refractivity contribution in [2.75, 3.05) is 13.1 Å². The Hall–Kier alpha value is -0.170. The SMILES string of the molecule is CC1=CCCN(S(=O)(=O)c2cc(Br)sc2C)C1. The minimum atomic E-state index is -3.33. The molecule has 94 valence electrons. The first-order chi connectivity index (χ1) is 7.91. The Morgan fingerprint density at radius 2 is 2.12 bits per heavy atom. The molecule has 0 unspecified atom stereocenters. The number of rotatable bonds is 2. The molecule has 0 aliphatic carbocycles. The summed E-state index contributed by atoms with van der Waals surface area (Å²) >= 11 is 4.79. The van der Waals surface area contributed by atoms with Gasteiger partial charge in [-0.05, 0) is 42.3 Å². The Labute approximate surface area is 114 Å². The normalized spacial score (nSPS) is 18.2. The Balaban J connectivity index is 2.37. The molecule has 0 atom stereocenters. The monoisotopic (exact) mass is 335 g/mol. The lowest BCUT2D eigenvalue weighted by Gasteiger charge is -2.25. The van der Waals surface area contributed by atoms with E-state index < -0.39 is 10.0 Å². The topological polar surface area (TPSA) is 37.4 Å². The number of sulfonamides is 1. The standard InChI is InChI=1S/C11H14BrNO2S2/c1-8-4-3-5-13(7-8)17(14,15)10-6-11(12)16-9(10)2/h4,6H,3,5,7H2,1-2H3. The van der Waals surface area contributed by atoms with Gasteiger partial charge in [0, 0.05) is 18.0 Å². The molecule has 0 radical (unpaired) electrons. The second-order valence-electron chi connectivity index (χ2n) is 4.15. The number of hydrogen-bond acceptors (Lipinski definition) is 3. The van der Waals surface area contributed by atoms with Gasteiger partial charge < -0.3 is 0 Å². The predicted octanol–water partition coefficient (Wildman–Crippen LogP) is 3.16. The average Bonchev–Trinajstić information content (AvgIpc) is 2.58. The van der Waals surface area contributed by atoms with E-state index in [1.165, 1.54) is 11.3 Å². The number of nitrogens with zero attached hydrogens (tertiary/aromatic N) is 1. The number of hydrogen-bond donors (Lipinski definition) is 0. The minimum absolute atomic E-state index is 0.434. The zero-order valence-corrected chi connectivity index (χ0v) is 13.0. The van der Waals surface area contributed by atoms with Crippen molar-refractivity contribution in [3.05, 3.63) is 26.4 Å². The summed E-state index contributed by atoms with van der Waals surface area (Å²) < 4.78 is 27.3. The third kappa shape index (κ3) is 2.65. The molecule has 17 heavy (non-hydrogen) atoms. The highest BCUT2D eigenvalue weighted by Crippen LogP contribution is 2.32. The molecule has 0 fully saturated rings. The van der Waals surface area contributed by atoms with Crippen molar-refractivity contribution in [1.82, 2.24) is 4.31 Å². The second kappa shape index (κ2) is 4.84. The molecule has 1 aliphatic heterocycles. The van der Waals surface area contributed by atoms with Gasteiger partial charge in [-0.3, -0.25) is 0 Å². The summed E-state index contributed by atoms with van der Waals surface area (Å²) in [7, 11) is -3.33. The van der Waals surface area contributed by atoms with Crippen molar-refractivity contribution in [3.63, 3.8) is 0 Å². The van der Waals surface area contributed by atoms with Crippen LogP contribution in [0, 0.1) is 6.92 Å². The molecule has 0 saturated carbocycles. The van der Waals surface area contributed by atoms with Crippen molar-refractivity contribution in [2.45, 2.75) is 25.2 Å². The maximum absolute atomic E-state index is 12.5. The van der Waals surface area contributed by atoms with E-state index in [1.54, 1.807) is 10.4 Å². The van der Waals surface area contributed by atoms with Crippen LogP contribution < -0.4 is 0 Å². The third-order valence-corrected chi connectivity index (χ3v) is 6.41. The molecule has 0 saturated heterocycles. The number of halogens is 1. The Kier molecular flexibility index (Phi) is 3.77. The number of aryl methyl sites for hydroxylation is 1. The average molecular weight is 336 g/mol. The van der Waals surface area contributed by atoms with Crippen molar-refractivity contribution in [1.29, 1.82) is 0 Å². The van der Waals surface area contributed by atoms with Crippen LogP contribution in [0.3, 0.4) is 0 Å². The largest absolute Gasteiger partial charge is 0.244 e. The van der Waals surface area contributed by atoms with Crippen molar-refractivity contribution in [3.8, 4) is 0 Å². The highest BCUT2D eigenvalue weighted by molar-refractivity contribution is 9.11. The molecular formula is C11H14BrNO2S2. The summed E-state index contributed by atoms with van der Waals surface area (Å²) in [5.41, 5.74) is 1.12. The Bertz CT molecular complexity index is 560. The van der Waals surface area contributed by atoms with Gasteiger partial charge in [-0.2, -0.15) is 4.31 Å². The molecule has 2 heterocycles. The zero-order chi connectivity index (χ0) is 12.6. The zero-order valence-electron chi connectivity index (χ0n) is 9.73. The fourth-order valence-corrected chi connectivity index (χ4v) is 5.79. The lowest BCUT2D eigenvalue weighted by Crippen LogP contribution is -2.35. The van der Waals surface area contributed by atoms with E-state index in [0.29, 0.717) is 18.0 Å². The van der Waals surface area contributed by atoms with Crippen molar-refractivity contribution >= 4 is 37.3 Å². The van der Waals surface area contributed by atoms with Gasteiger partial charge in [-0.25, -0.2) is 8.42 Å². The molecular weight excluding hydrogens is 322 g/mol. The van der Waals surface area contributed by atoms with E-state index >= 15 is 0 Å². The first kappa shape index (κ1) is 13.3. The second-order valence-corrected chi connectivity index (χ2v) is 8.69. The maximum atomic E-state index is 12.5. The molecule has 0 bridgehead atoms. The van der Waals surface area contributed by atoms with Gasteiger partial charge in [0.25, 0.3) is 0 Å². The van der Waals surface area contributed by atoms with Gasteiger partial charge in [-0.1, -0.05) is 11.6 Å². The van der Waals surface area contributed by atoms with Crippen LogP contribution in [0.5, 0.6) is 0 Å². The van der Waals surface area contributed by atoms with Crippen molar-refractivity contribution in [2.24, 2.45) is 0 Å². The Morgan fingerprint density at radius 1 is 1.41 bits per heavy atom. The molecule has 1 aromatic rings. The summed E-state index contributed by atoms with van der Waals surface area (Å²) in [6.45, 7) is 4.90.